The van der Waals surface area contributed by atoms with Crippen LogP contribution in [0.3, 0.4) is 0 Å². The van der Waals surface area contributed by atoms with Crippen LogP contribution in [0.2, 0.25) is 0 Å². The summed E-state index contributed by atoms with van der Waals surface area (Å²) in [6.45, 7) is 19.0. The van der Waals surface area contributed by atoms with Crippen molar-refractivity contribution in [2.75, 3.05) is 6.54 Å². The molecule has 8 heteroatoms. The summed E-state index contributed by atoms with van der Waals surface area (Å²) in [6.07, 6.45) is 1.68. The number of aromatic hydroxyl groups is 1. The van der Waals surface area contributed by atoms with Gasteiger partial charge in [0.15, 0.2) is 0 Å². The normalized spacial score (nSPS) is 14.4. The number of benzene rings is 1. The summed E-state index contributed by atoms with van der Waals surface area (Å²) in [4.78, 5) is 42.1. The van der Waals surface area contributed by atoms with E-state index in [1.54, 1.807) is 44.7 Å². The molecule has 8 nitrogen and oxygen atoms in total. The van der Waals surface area contributed by atoms with Gasteiger partial charge in [-0.15, -0.1) is 0 Å². The van der Waals surface area contributed by atoms with Gasteiger partial charge in [-0.05, 0) is 84.1 Å². The third-order valence-electron chi connectivity index (χ3n) is 5.98. The van der Waals surface area contributed by atoms with Crippen molar-refractivity contribution in [1.82, 2.24) is 15.5 Å². The van der Waals surface area contributed by atoms with Crippen LogP contribution in [0.4, 0.5) is 4.79 Å². The third-order valence-corrected chi connectivity index (χ3v) is 5.98. The number of rotatable bonds is 10. The standard InChI is InChI=1S/C28H47N3O5/c1-11-13-16-29-24(33)23(20-14-15-21(32)19(4)17-20)31(27(5,6)7)25(34)22(18(3)12-2)30-26(35)36-28(8,9)10/h14-15,17-18,22-23,32H,11-13,16H2,1-10H3,(H,29,33)(H,30,35). The molecule has 0 fully saturated rings. The zero-order valence-corrected chi connectivity index (χ0v) is 23.8. The fourth-order valence-electron chi connectivity index (χ4n) is 3.86. The second kappa shape index (κ2) is 13.0. The number of nitrogens with zero attached hydrogens (tertiary/aromatic N) is 1. The van der Waals surface area contributed by atoms with Crippen LogP contribution in [0.5, 0.6) is 5.75 Å². The number of alkyl carbamates (subject to hydrolysis) is 1. The number of nitrogens with one attached hydrogen (secondary N) is 2. The first kappa shape index (κ1) is 31.3. The largest absolute Gasteiger partial charge is 0.508 e. The van der Waals surface area contributed by atoms with Crippen molar-refractivity contribution in [3.63, 3.8) is 0 Å². The lowest BCUT2D eigenvalue weighted by Gasteiger charge is -2.44. The summed E-state index contributed by atoms with van der Waals surface area (Å²) in [7, 11) is 0. The van der Waals surface area contributed by atoms with Gasteiger partial charge in [-0.25, -0.2) is 4.79 Å². The molecule has 1 aromatic rings. The fraction of sp³-hybridized carbons (Fsp3) is 0.679. The molecule has 0 saturated heterocycles. The molecule has 3 atom stereocenters. The molecule has 0 aliphatic rings. The van der Waals surface area contributed by atoms with Gasteiger partial charge >= 0.3 is 6.09 Å². The summed E-state index contributed by atoms with van der Waals surface area (Å²) in [5, 5.41) is 15.8. The Bertz CT molecular complexity index is 901. The highest BCUT2D eigenvalue weighted by Gasteiger charge is 2.43. The van der Waals surface area contributed by atoms with Gasteiger partial charge in [0.2, 0.25) is 11.8 Å². The highest BCUT2D eigenvalue weighted by atomic mass is 16.6. The Morgan fingerprint density at radius 1 is 1.08 bits per heavy atom. The van der Waals surface area contributed by atoms with Gasteiger partial charge in [0.05, 0.1) is 0 Å². The summed E-state index contributed by atoms with van der Waals surface area (Å²) in [5.74, 6) is -0.775. The van der Waals surface area contributed by atoms with Crippen molar-refractivity contribution in [3.8, 4) is 5.75 Å². The minimum Gasteiger partial charge on any atom is -0.508 e. The lowest BCUT2D eigenvalue weighted by Crippen LogP contribution is -2.60. The van der Waals surface area contributed by atoms with Crippen molar-refractivity contribution < 1.29 is 24.2 Å². The zero-order chi connectivity index (χ0) is 27.8. The molecule has 0 saturated carbocycles. The highest BCUT2D eigenvalue weighted by molar-refractivity contribution is 5.92. The van der Waals surface area contributed by atoms with Gasteiger partial charge in [-0.3, -0.25) is 9.59 Å². The zero-order valence-electron chi connectivity index (χ0n) is 23.8. The molecule has 0 aromatic heterocycles. The SMILES string of the molecule is CCCCNC(=O)C(c1ccc(O)c(C)c1)N(C(=O)C(NC(=O)OC(C)(C)C)C(C)CC)C(C)(C)C. The van der Waals surface area contributed by atoms with Gasteiger partial charge in [0, 0.05) is 12.1 Å². The molecular formula is C28H47N3O5. The summed E-state index contributed by atoms with van der Waals surface area (Å²) in [5.41, 5.74) is -0.299. The van der Waals surface area contributed by atoms with Crippen molar-refractivity contribution in [3.05, 3.63) is 29.3 Å². The van der Waals surface area contributed by atoms with E-state index >= 15 is 0 Å². The van der Waals surface area contributed by atoms with E-state index in [1.165, 1.54) is 6.07 Å². The molecule has 0 heterocycles. The van der Waals surface area contributed by atoms with Crippen LogP contribution in [-0.2, 0) is 14.3 Å². The van der Waals surface area contributed by atoms with Crippen LogP contribution >= 0.6 is 0 Å². The first-order valence-electron chi connectivity index (χ1n) is 12.9. The van der Waals surface area contributed by atoms with E-state index in [2.05, 4.69) is 10.6 Å². The van der Waals surface area contributed by atoms with Gasteiger partial charge in [-0.2, -0.15) is 0 Å². The molecule has 0 aliphatic carbocycles. The lowest BCUT2D eigenvalue weighted by molar-refractivity contribution is -0.149. The quantitative estimate of drug-likeness (QED) is 0.378. The Balaban J connectivity index is 3.60. The van der Waals surface area contributed by atoms with Crippen molar-refractivity contribution in [2.45, 2.75) is 112 Å². The predicted molar refractivity (Wildman–Crippen MR) is 143 cm³/mol. The molecule has 3 amide bonds. The lowest BCUT2D eigenvalue weighted by atomic mass is 9.91. The van der Waals surface area contributed by atoms with E-state index in [0.717, 1.165) is 12.8 Å². The number of carbonyl (C=O) groups excluding carboxylic acids is 3. The van der Waals surface area contributed by atoms with Crippen molar-refractivity contribution in [2.24, 2.45) is 5.92 Å². The molecule has 0 aliphatic heterocycles. The van der Waals surface area contributed by atoms with E-state index in [4.69, 9.17) is 4.74 Å². The molecule has 3 N–H and O–H groups in total. The number of unbranched alkanes of at least 4 members (excludes halogenated alkanes) is 1. The number of phenolic OH excluding ortho intramolecular Hbond substituents is 1. The van der Waals surface area contributed by atoms with Crippen LogP contribution in [0, 0.1) is 12.8 Å². The van der Waals surface area contributed by atoms with E-state index in [-0.39, 0.29) is 23.5 Å². The Morgan fingerprint density at radius 3 is 2.17 bits per heavy atom. The van der Waals surface area contributed by atoms with Crippen molar-refractivity contribution >= 4 is 17.9 Å². The van der Waals surface area contributed by atoms with Gasteiger partial charge < -0.3 is 25.4 Å². The smallest absolute Gasteiger partial charge is 0.408 e. The molecule has 1 rings (SSSR count). The Morgan fingerprint density at radius 2 is 1.69 bits per heavy atom. The molecule has 1 aromatic carbocycles. The number of amides is 3. The number of hydrogen-bond acceptors (Lipinski definition) is 5. The monoisotopic (exact) mass is 505 g/mol. The number of carbonyl (C=O) groups is 3. The summed E-state index contributed by atoms with van der Waals surface area (Å²) >= 11 is 0. The summed E-state index contributed by atoms with van der Waals surface area (Å²) in [6, 6.07) is 3.07. The maximum atomic E-state index is 14.2. The first-order valence-corrected chi connectivity index (χ1v) is 12.9. The summed E-state index contributed by atoms with van der Waals surface area (Å²) < 4.78 is 5.44. The predicted octanol–water partition coefficient (Wildman–Crippen LogP) is 5.22. The Labute approximate surface area is 217 Å². The van der Waals surface area contributed by atoms with Crippen LogP contribution in [0.1, 0.15) is 98.7 Å². The van der Waals surface area contributed by atoms with Crippen LogP contribution in [-0.4, -0.2) is 51.6 Å². The molecule has 36 heavy (non-hydrogen) atoms. The Kier molecular flexibility index (Phi) is 11.3. The Hall–Kier alpha value is -2.77. The first-order chi connectivity index (χ1) is 16.5. The molecule has 0 radical (unpaired) electrons. The molecule has 3 unspecified atom stereocenters. The van der Waals surface area contributed by atoms with Gasteiger partial charge in [-0.1, -0.05) is 39.7 Å². The fourth-order valence-corrected chi connectivity index (χ4v) is 3.86. The minimum atomic E-state index is -0.958. The van der Waals surface area contributed by atoms with Crippen LogP contribution in [0.25, 0.3) is 0 Å². The number of phenols is 1. The average Bonchev–Trinajstić information content (AvgIpc) is 2.74. The van der Waals surface area contributed by atoms with Crippen LogP contribution in [0.15, 0.2) is 18.2 Å². The average molecular weight is 506 g/mol. The number of aryl methyl sites for hydroxylation is 1. The van der Waals surface area contributed by atoms with Gasteiger partial charge in [0.25, 0.3) is 0 Å². The molecule has 0 spiro atoms. The molecular weight excluding hydrogens is 458 g/mol. The van der Waals surface area contributed by atoms with Crippen LogP contribution < -0.4 is 10.6 Å². The number of hydrogen-bond donors (Lipinski definition) is 3. The minimum absolute atomic E-state index is 0.113. The maximum Gasteiger partial charge on any atom is 0.408 e. The number of ether oxygens (including phenoxy) is 1. The second-order valence-corrected chi connectivity index (χ2v) is 11.5. The molecule has 0 bridgehead atoms. The topological polar surface area (TPSA) is 108 Å². The third kappa shape index (κ3) is 9.03. The second-order valence-electron chi connectivity index (χ2n) is 11.5. The highest BCUT2D eigenvalue weighted by Crippen LogP contribution is 2.33. The van der Waals surface area contributed by atoms with E-state index < -0.39 is 29.3 Å². The van der Waals surface area contributed by atoms with E-state index in [0.29, 0.717) is 24.1 Å². The maximum absolute atomic E-state index is 14.2. The molecule has 204 valence electrons. The van der Waals surface area contributed by atoms with Crippen molar-refractivity contribution in [1.29, 1.82) is 0 Å². The van der Waals surface area contributed by atoms with E-state index in [1.807, 2.05) is 41.5 Å². The van der Waals surface area contributed by atoms with E-state index in [9.17, 15) is 19.5 Å². The van der Waals surface area contributed by atoms with Gasteiger partial charge in [0.1, 0.15) is 23.4 Å².